The number of fused-ring (bicyclic) bond motifs is 1. The minimum atomic E-state index is 0.832. The van der Waals surface area contributed by atoms with Crippen molar-refractivity contribution in [3.8, 4) is 17.1 Å². The van der Waals surface area contributed by atoms with Crippen molar-refractivity contribution in [1.29, 1.82) is 0 Å². The second kappa shape index (κ2) is 4.27. The summed E-state index contributed by atoms with van der Waals surface area (Å²) < 4.78 is 1.71. The fourth-order valence-electron chi connectivity index (χ4n) is 2.11. The Morgan fingerprint density at radius 1 is 1.00 bits per heavy atom. The molecule has 1 aromatic carbocycles. The van der Waals surface area contributed by atoms with Crippen molar-refractivity contribution in [2.75, 3.05) is 0 Å². The van der Waals surface area contributed by atoms with E-state index in [4.69, 9.17) is 0 Å². The van der Waals surface area contributed by atoms with Crippen LogP contribution in [0.4, 0.5) is 0 Å². The molecule has 0 spiro atoms. The van der Waals surface area contributed by atoms with Crippen LogP contribution in [0.3, 0.4) is 0 Å². The Balaban J connectivity index is 1.75. The number of rotatable bonds is 2. The molecule has 20 heavy (non-hydrogen) atoms. The molecule has 0 saturated carbocycles. The molecule has 6 nitrogen and oxygen atoms in total. The predicted molar refractivity (Wildman–Crippen MR) is 74.2 cm³/mol. The lowest BCUT2D eigenvalue weighted by molar-refractivity contribution is 0.879. The Morgan fingerprint density at radius 2 is 1.90 bits per heavy atom. The highest BCUT2D eigenvalue weighted by molar-refractivity contribution is 5.78. The molecule has 3 aromatic heterocycles. The summed E-state index contributed by atoms with van der Waals surface area (Å²) in [6.45, 7) is 0. The minimum absolute atomic E-state index is 0.832. The molecule has 4 rings (SSSR count). The van der Waals surface area contributed by atoms with Crippen molar-refractivity contribution in [2.45, 2.75) is 0 Å². The van der Waals surface area contributed by atoms with E-state index in [0.29, 0.717) is 0 Å². The van der Waals surface area contributed by atoms with E-state index in [1.807, 2.05) is 30.3 Å². The van der Waals surface area contributed by atoms with Crippen molar-refractivity contribution in [3.63, 3.8) is 0 Å². The van der Waals surface area contributed by atoms with E-state index in [0.717, 1.165) is 28.1 Å². The number of nitrogens with zero attached hydrogens (tertiary/aromatic N) is 5. The van der Waals surface area contributed by atoms with Gasteiger partial charge < -0.3 is 4.98 Å². The second-order valence-electron chi connectivity index (χ2n) is 4.37. The van der Waals surface area contributed by atoms with E-state index in [1.165, 1.54) is 6.33 Å². The molecule has 3 heterocycles. The summed E-state index contributed by atoms with van der Waals surface area (Å²) >= 11 is 0. The smallest absolute Gasteiger partial charge is 0.138 e. The maximum atomic E-state index is 4.55. The average molecular weight is 262 g/mol. The molecular formula is C14H10N6. The molecule has 0 unspecified atom stereocenters. The van der Waals surface area contributed by atoms with Crippen LogP contribution >= 0.6 is 0 Å². The van der Waals surface area contributed by atoms with Gasteiger partial charge in [0.05, 0.1) is 22.9 Å². The van der Waals surface area contributed by atoms with Gasteiger partial charge in [-0.05, 0) is 30.3 Å². The molecule has 0 atom stereocenters. The first-order valence-corrected chi connectivity index (χ1v) is 6.15. The first kappa shape index (κ1) is 10.9. The fraction of sp³-hybridized carbons (Fsp3) is 0. The zero-order valence-corrected chi connectivity index (χ0v) is 10.4. The highest BCUT2D eigenvalue weighted by Crippen LogP contribution is 2.20. The molecule has 96 valence electrons. The van der Waals surface area contributed by atoms with Gasteiger partial charge in [0.1, 0.15) is 18.5 Å². The number of benzene rings is 1. The van der Waals surface area contributed by atoms with Crippen molar-refractivity contribution in [1.82, 2.24) is 29.7 Å². The Labute approximate surface area is 114 Å². The van der Waals surface area contributed by atoms with Gasteiger partial charge in [-0.25, -0.2) is 14.6 Å². The normalized spacial score (nSPS) is 11.0. The summed E-state index contributed by atoms with van der Waals surface area (Å²) in [5.41, 5.74) is 3.83. The zero-order valence-electron chi connectivity index (χ0n) is 10.4. The third-order valence-electron chi connectivity index (χ3n) is 3.11. The molecule has 0 saturated heterocycles. The summed E-state index contributed by atoms with van der Waals surface area (Å²) in [7, 11) is 0. The van der Waals surface area contributed by atoms with Crippen LogP contribution in [-0.2, 0) is 0 Å². The van der Waals surface area contributed by atoms with Gasteiger partial charge in [-0.2, -0.15) is 5.10 Å². The molecule has 0 fully saturated rings. The minimum Gasteiger partial charge on any atom is -0.337 e. The third-order valence-corrected chi connectivity index (χ3v) is 3.11. The number of hydrogen-bond acceptors (Lipinski definition) is 4. The predicted octanol–water partition coefficient (Wildman–Crippen LogP) is 2.21. The van der Waals surface area contributed by atoms with Crippen LogP contribution in [0.1, 0.15) is 0 Å². The van der Waals surface area contributed by atoms with Crippen LogP contribution in [0, 0.1) is 0 Å². The summed E-state index contributed by atoms with van der Waals surface area (Å²) in [6.07, 6.45) is 6.69. The molecule has 0 aliphatic carbocycles. The monoisotopic (exact) mass is 262 g/mol. The van der Waals surface area contributed by atoms with Gasteiger partial charge in [-0.15, -0.1) is 0 Å². The van der Waals surface area contributed by atoms with E-state index in [9.17, 15) is 0 Å². The lowest BCUT2D eigenvalue weighted by Crippen LogP contribution is -1.93. The number of imidazole rings is 1. The summed E-state index contributed by atoms with van der Waals surface area (Å²) in [6, 6.07) is 9.86. The molecule has 0 amide bonds. The van der Waals surface area contributed by atoms with Crippen LogP contribution in [0.15, 0.2) is 55.4 Å². The maximum absolute atomic E-state index is 4.55. The number of hydrogen-bond donors (Lipinski definition) is 1. The van der Waals surface area contributed by atoms with E-state index >= 15 is 0 Å². The van der Waals surface area contributed by atoms with E-state index in [1.54, 1.807) is 23.4 Å². The van der Waals surface area contributed by atoms with Gasteiger partial charge in [0.25, 0.3) is 0 Å². The van der Waals surface area contributed by atoms with Gasteiger partial charge in [0.2, 0.25) is 0 Å². The topological polar surface area (TPSA) is 72.3 Å². The number of aromatic nitrogens is 6. The number of nitrogens with one attached hydrogen (secondary N) is 1. The highest BCUT2D eigenvalue weighted by Gasteiger charge is 2.05. The van der Waals surface area contributed by atoms with E-state index in [-0.39, 0.29) is 0 Å². The van der Waals surface area contributed by atoms with Crippen LogP contribution in [0.2, 0.25) is 0 Å². The first-order valence-electron chi connectivity index (χ1n) is 6.15. The van der Waals surface area contributed by atoms with Gasteiger partial charge in [-0.1, -0.05) is 0 Å². The summed E-state index contributed by atoms with van der Waals surface area (Å²) in [5.74, 6) is 0.832. The van der Waals surface area contributed by atoms with Crippen molar-refractivity contribution in [2.24, 2.45) is 0 Å². The fourth-order valence-corrected chi connectivity index (χ4v) is 2.11. The Bertz CT molecular complexity index is 812. The second-order valence-corrected chi connectivity index (χ2v) is 4.37. The number of H-pyrrole nitrogens is 1. The van der Waals surface area contributed by atoms with Gasteiger partial charge in [0, 0.05) is 11.8 Å². The van der Waals surface area contributed by atoms with Gasteiger partial charge in [0.15, 0.2) is 0 Å². The van der Waals surface area contributed by atoms with Crippen molar-refractivity contribution in [3.05, 3.63) is 55.4 Å². The largest absolute Gasteiger partial charge is 0.337 e. The number of pyridine rings is 1. The lowest BCUT2D eigenvalue weighted by Gasteiger charge is -2.01. The van der Waals surface area contributed by atoms with Crippen LogP contribution in [-0.4, -0.2) is 29.7 Å². The zero-order chi connectivity index (χ0) is 13.4. The molecule has 0 aliphatic heterocycles. The molecule has 0 aliphatic rings. The third kappa shape index (κ3) is 1.74. The SMILES string of the molecule is c1cc2nc(-c3ccc(-n4cncn4)cc3)[nH]c2cn1. The quantitative estimate of drug-likeness (QED) is 0.601. The molecule has 1 N–H and O–H groups in total. The van der Waals surface area contributed by atoms with Crippen molar-refractivity contribution >= 4 is 11.0 Å². The Morgan fingerprint density at radius 3 is 2.65 bits per heavy atom. The number of aromatic amines is 1. The first-order chi connectivity index (χ1) is 9.90. The average Bonchev–Trinajstić information content (AvgIpc) is 3.17. The standard InChI is InChI=1S/C14H10N6/c1-3-11(20-9-16-8-17-20)4-2-10(1)14-18-12-5-6-15-7-13(12)19-14/h1-9H,(H,18,19). The van der Waals surface area contributed by atoms with Gasteiger partial charge >= 0.3 is 0 Å². The molecular weight excluding hydrogens is 252 g/mol. The van der Waals surface area contributed by atoms with E-state index < -0.39 is 0 Å². The van der Waals surface area contributed by atoms with Crippen LogP contribution in [0.5, 0.6) is 0 Å². The molecule has 0 radical (unpaired) electrons. The lowest BCUT2D eigenvalue weighted by atomic mass is 10.2. The Hall–Kier alpha value is -3.02. The molecule has 6 heteroatoms. The highest BCUT2D eigenvalue weighted by atomic mass is 15.3. The summed E-state index contributed by atoms with van der Waals surface area (Å²) in [4.78, 5) is 15.8. The van der Waals surface area contributed by atoms with Crippen LogP contribution < -0.4 is 0 Å². The Kier molecular flexibility index (Phi) is 2.32. The maximum Gasteiger partial charge on any atom is 0.138 e. The van der Waals surface area contributed by atoms with E-state index in [2.05, 4.69) is 25.0 Å². The summed E-state index contributed by atoms with van der Waals surface area (Å²) in [5, 5.41) is 4.10. The van der Waals surface area contributed by atoms with Crippen molar-refractivity contribution < 1.29 is 0 Å². The van der Waals surface area contributed by atoms with Gasteiger partial charge in [-0.3, -0.25) is 4.98 Å². The molecule has 4 aromatic rings. The van der Waals surface area contributed by atoms with Crippen LogP contribution in [0.25, 0.3) is 28.1 Å². The molecule has 0 bridgehead atoms.